The summed E-state index contributed by atoms with van der Waals surface area (Å²) in [5.41, 5.74) is 2.22. The first-order chi connectivity index (χ1) is 14.1. The van der Waals surface area contributed by atoms with E-state index in [1.54, 1.807) is 36.4 Å². The molecule has 0 aliphatic carbocycles. The number of carbonyl (C=O) groups is 2. The minimum absolute atomic E-state index is 0.0132. The second kappa shape index (κ2) is 8.14. The van der Waals surface area contributed by atoms with Gasteiger partial charge in [0.05, 0.1) is 37.2 Å². The summed E-state index contributed by atoms with van der Waals surface area (Å²) in [5.74, 6) is 0.859. The molecule has 1 aromatic carbocycles. The second-order valence-electron chi connectivity index (χ2n) is 7.31. The van der Waals surface area contributed by atoms with Crippen LogP contribution in [-0.2, 0) is 13.0 Å². The summed E-state index contributed by atoms with van der Waals surface area (Å²) in [6.45, 7) is 2.85. The van der Waals surface area contributed by atoms with Crippen molar-refractivity contribution in [1.82, 2.24) is 19.6 Å². The number of hydrogen-bond donors (Lipinski definition) is 0. The Bertz CT molecular complexity index is 915. The molecule has 0 atom stereocenters. The number of methoxy groups -OCH3 is 2. The number of amides is 2. The third-order valence-electron chi connectivity index (χ3n) is 5.70. The lowest BCUT2D eigenvalue weighted by molar-refractivity contribution is 0.0532. The van der Waals surface area contributed by atoms with Gasteiger partial charge in [-0.1, -0.05) is 6.07 Å². The first kappa shape index (κ1) is 19.3. The summed E-state index contributed by atoms with van der Waals surface area (Å²) in [4.78, 5) is 29.6. The van der Waals surface area contributed by atoms with Crippen LogP contribution in [0.25, 0.3) is 0 Å². The summed E-state index contributed by atoms with van der Waals surface area (Å²) >= 11 is 0. The van der Waals surface area contributed by atoms with E-state index in [4.69, 9.17) is 9.47 Å². The smallest absolute Gasteiger partial charge is 0.257 e. The number of fused-ring (bicyclic) bond motifs is 1. The third kappa shape index (κ3) is 3.54. The molecule has 0 unspecified atom stereocenters. The summed E-state index contributed by atoms with van der Waals surface area (Å²) in [5, 5.41) is 4.37. The summed E-state index contributed by atoms with van der Waals surface area (Å²) in [6, 6.07) is 5.27. The van der Waals surface area contributed by atoms with Crippen LogP contribution < -0.4 is 9.47 Å². The second-order valence-corrected chi connectivity index (χ2v) is 7.31. The minimum atomic E-state index is -0.115. The van der Waals surface area contributed by atoms with Gasteiger partial charge >= 0.3 is 0 Å². The monoisotopic (exact) mass is 398 g/mol. The zero-order chi connectivity index (χ0) is 20.4. The van der Waals surface area contributed by atoms with Gasteiger partial charge in [0, 0.05) is 32.7 Å². The fraction of sp³-hybridized carbons (Fsp3) is 0.476. The van der Waals surface area contributed by atoms with Crippen molar-refractivity contribution in [3.05, 3.63) is 41.2 Å². The van der Waals surface area contributed by atoms with Gasteiger partial charge in [0.25, 0.3) is 11.8 Å². The molecule has 0 radical (unpaired) electrons. The van der Waals surface area contributed by atoms with Gasteiger partial charge in [-0.15, -0.1) is 0 Å². The Morgan fingerprint density at radius 3 is 2.24 bits per heavy atom. The fourth-order valence-corrected chi connectivity index (χ4v) is 4.11. The van der Waals surface area contributed by atoms with Crippen molar-refractivity contribution in [1.29, 1.82) is 0 Å². The van der Waals surface area contributed by atoms with Gasteiger partial charge in [-0.05, 0) is 31.4 Å². The van der Waals surface area contributed by atoms with Crippen LogP contribution in [-0.4, -0.2) is 71.8 Å². The van der Waals surface area contributed by atoms with E-state index in [1.807, 2.05) is 9.58 Å². The average Bonchev–Trinajstić information content (AvgIpc) is 3.21. The van der Waals surface area contributed by atoms with E-state index in [1.165, 1.54) is 7.11 Å². The Morgan fingerprint density at radius 1 is 0.897 bits per heavy atom. The highest BCUT2D eigenvalue weighted by Gasteiger charge is 2.30. The molecule has 4 rings (SSSR count). The molecular formula is C21H26N4O4. The van der Waals surface area contributed by atoms with E-state index in [0.717, 1.165) is 31.5 Å². The predicted molar refractivity (Wildman–Crippen MR) is 107 cm³/mol. The fourth-order valence-electron chi connectivity index (χ4n) is 4.11. The number of aryl methyl sites for hydroxylation is 1. The largest absolute Gasteiger partial charge is 0.493 e. The molecule has 1 saturated heterocycles. The van der Waals surface area contributed by atoms with Crippen molar-refractivity contribution >= 4 is 11.8 Å². The number of nitrogens with zero attached hydrogens (tertiary/aromatic N) is 4. The van der Waals surface area contributed by atoms with Gasteiger partial charge in [-0.3, -0.25) is 14.3 Å². The van der Waals surface area contributed by atoms with Crippen molar-refractivity contribution in [3.63, 3.8) is 0 Å². The standard InChI is InChI=1S/C21H26N4O4/c1-28-18-8-5-6-15(19(18)29-2)20(26)23-10-12-24(13-11-23)21(27)16-14-22-25-9-4-3-7-17(16)25/h5-6,8,14H,3-4,7,9-13H2,1-2H3. The number of aromatic nitrogens is 2. The Hall–Kier alpha value is -3.03. The van der Waals surface area contributed by atoms with Crippen molar-refractivity contribution in [2.75, 3.05) is 40.4 Å². The van der Waals surface area contributed by atoms with Gasteiger partial charge < -0.3 is 19.3 Å². The Balaban J connectivity index is 1.44. The number of rotatable bonds is 4. The normalized spacial score (nSPS) is 16.3. The maximum atomic E-state index is 13.0. The first-order valence-corrected chi connectivity index (χ1v) is 9.98. The molecule has 0 bridgehead atoms. The highest BCUT2D eigenvalue weighted by molar-refractivity contribution is 5.98. The maximum Gasteiger partial charge on any atom is 0.257 e. The van der Waals surface area contributed by atoms with E-state index in [0.29, 0.717) is 48.8 Å². The lowest BCUT2D eigenvalue weighted by atomic mass is 10.1. The van der Waals surface area contributed by atoms with Crippen molar-refractivity contribution in [2.45, 2.75) is 25.8 Å². The molecule has 29 heavy (non-hydrogen) atoms. The highest BCUT2D eigenvalue weighted by atomic mass is 16.5. The van der Waals surface area contributed by atoms with E-state index in [9.17, 15) is 9.59 Å². The Morgan fingerprint density at radius 2 is 1.59 bits per heavy atom. The molecule has 2 aliphatic rings. The van der Waals surface area contributed by atoms with Crippen LogP contribution in [0, 0.1) is 0 Å². The summed E-state index contributed by atoms with van der Waals surface area (Å²) in [7, 11) is 3.07. The quantitative estimate of drug-likeness (QED) is 0.785. The maximum absolute atomic E-state index is 13.0. The highest BCUT2D eigenvalue weighted by Crippen LogP contribution is 2.31. The Labute approximate surface area is 170 Å². The molecule has 8 nitrogen and oxygen atoms in total. The molecular weight excluding hydrogens is 372 g/mol. The van der Waals surface area contributed by atoms with Gasteiger partial charge in [0.15, 0.2) is 11.5 Å². The molecule has 2 amide bonds. The molecule has 1 fully saturated rings. The third-order valence-corrected chi connectivity index (χ3v) is 5.70. The van der Waals surface area contributed by atoms with Crippen LogP contribution >= 0.6 is 0 Å². The molecule has 8 heteroatoms. The van der Waals surface area contributed by atoms with Crippen molar-refractivity contribution in [2.24, 2.45) is 0 Å². The van der Waals surface area contributed by atoms with E-state index in [-0.39, 0.29) is 11.8 Å². The molecule has 0 saturated carbocycles. The van der Waals surface area contributed by atoms with Gasteiger partial charge in [0.2, 0.25) is 0 Å². The number of para-hydroxylation sites is 1. The Kier molecular flexibility index (Phi) is 5.42. The lowest BCUT2D eigenvalue weighted by Crippen LogP contribution is -2.50. The molecule has 1 aromatic heterocycles. The van der Waals surface area contributed by atoms with Gasteiger partial charge in [0.1, 0.15) is 0 Å². The minimum Gasteiger partial charge on any atom is -0.493 e. The van der Waals surface area contributed by atoms with Crippen LogP contribution in [0.4, 0.5) is 0 Å². The SMILES string of the molecule is COc1cccc(C(=O)N2CCN(C(=O)c3cnn4c3CCCC4)CC2)c1OC. The topological polar surface area (TPSA) is 76.9 Å². The molecule has 0 spiro atoms. The number of carbonyl (C=O) groups excluding carboxylic acids is 2. The molecule has 154 valence electrons. The van der Waals surface area contributed by atoms with Crippen LogP contribution in [0.1, 0.15) is 39.3 Å². The zero-order valence-electron chi connectivity index (χ0n) is 16.9. The van der Waals surface area contributed by atoms with Crippen LogP contribution in [0.3, 0.4) is 0 Å². The van der Waals surface area contributed by atoms with Crippen LogP contribution in [0.2, 0.25) is 0 Å². The molecule has 2 aromatic rings. The predicted octanol–water partition coefficient (Wildman–Crippen LogP) is 1.83. The van der Waals surface area contributed by atoms with Crippen LogP contribution in [0.5, 0.6) is 11.5 Å². The number of piperazine rings is 1. The molecule has 2 aliphatic heterocycles. The van der Waals surface area contributed by atoms with E-state index in [2.05, 4.69) is 5.10 Å². The lowest BCUT2D eigenvalue weighted by Gasteiger charge is -2.35. The van der Waals surface area contributed by atoms with E-state index >= 15 is 0 Å². The van der Waals surface area contributed by atoms with Crippen LogP contribution in [0.15, 0.2) is 24.4 Å². The van der Waals surface area contributed by atoms with E-state index < -0.39 is 0 Å². The number of ether oxygens (including phenoxy) is 2. The molecule has 3 heterocycles. The summed E-state index contributed by atoms with van der Waals surface area (Å²) in [6.07, 6.45) is 4.80. The number of hydrogen-bond acceptors (Lipinski definition) is 5. The van der Waals surface area contributed by atoms with Gasteiger partial charge in [-0.2, -0.15) is 5.10 Å². The summed E-state index contributed by atoms with van der Waals surface area (Å²) < 4.78 is 12.6. The first-order valence-electron chi connectivity index (χ1n) is 9.98. The van der Waals surface area contributed by atoms with Crippen molar-refractivity contribution in [3.8, 4) is 11.5 Å². The number of benzene rings is 1. The average molecular weight is 398 g/mol. The zero-order valence-corrected chi connectivity index (χ0v) is 16.9. The molecule has 0 N–H and O–H groups in total. The van der Waals surface area contributed by atoms with Gasteiger partial charge in [-0.25, -0.2) is 0 Å². The van der Waals surface area contributed by atoms with Crippen molar-refractivity contribution < 1.29 is 19.1 Å².